The Kier molecular flexibility index (Phi) is 3.41. The highest BCUT2D eigenvalue weighted by Gasteiger charge is 2.31. The van der Waals surface area contributed by atoms with Crippen LogP contribution in [-0.2, 0) is 4.79 Å². The predicted molar refractivity (Wildman–Crippen MR) is 87.2 cm³/mol. The van der Waals surface area contributed by atoms with Gasteiger partial charge >= 0.3 is 0 Å². The minimum atomic E-state index is 0.0743. The van der Waals surface area contributed by atoms with Gasteiger partial charge in [-0.1, -0.05) is 18.2 Å². The smallest absolute Gasteiger partial charge is 0.253 e. The van der Waals surface area contributed by atoms with Gasteiger partial charge in [0.25, 0.3) is 5.91 Å². The van der Waals surface area contributed by atoms with Gasteiger partial charge < -0.3 is 14.6 Å². The lowest BCUT2D eigenvalue weighted by atomic mass is 10.1. The van der Waals surface area contributed by atoms with Crippen molar-refractivity contribution < 1.29 is 9.53 Å². The van der Waals surface area contributed by atoms with Gasteiger partial charge in [0, 0.05) is 36.5 Å². The third-order valence-electron chi connectivity index (χ3n) is 4.49. The van der Waals surface area contributed by atoms with Crippen molar-refractivity contribution in [1.29, 1.82) is 0 Å². The van der Waals surface area contributed by atoms with Crippen molar-refractivity contribution in [2.45, 2.75) is 19.3 Å². The first-order valence-electron chi connectivity index (χ1n) is 7.94. The maximum absolute atomic E-state index is 12.7. The summed E-state index contributed by atoms with van der Waals surface area (Å²) in [6.07, 6.45) is 4.74. The third kappa shape index (κ3) is 2.63. The molecule has 0 bridgehead atoms. The Labute approximate surface area is 135 Å². The zero-order valence-electron chi connectivity index (χ0n) is 13.1. The van der Waals surface area contributed by atoms with E-state index in [9.17, 15) is 4.79 Å². The summed E-state index contributed by atoms with van der Waals surface area (Å²) in [6.45, 7) is 3.82. The summed E-state index contributed by atoms with van der Waals surface area (Å²) in [4.78, 5) is 22.3. The van der Waals surface area contributed by atoms with Gasteiger partial charge in [-0.2, -0.15) is 0 Å². The summed E-state index contributed by atoms with van der Waals surface area (Å²) in [5, 5.41) is 0. The number of hydrogen-bond acceptors (Lipinski definition) is 3. The summed E-state index contributed by atoms with van der Waals surface area (Å²) >= 11 is 0. The lowest BCUT2D eigenvalue weighted by Crippen LogP contribution is -2.32. The maximum atomic E-state index is 12.7. The van der Waals surface area contributed by atoms with Gasteiger partial charge in [-0.15, -0.1) is 0 Å². The molecular formula is C18H19N3O2. The summed E-state index contributed by atoms with van der Waals surface area (Å²) in [5.41, 5.74) is 2.75. The van der Waals surface area contributed by atoms with E-state index in [0.717, 1.165) is 41.4 Å². The Morgan fingerprint density at radius 1 is 1.39 bits per heavy atom. The molecular weight excluding hydrogens is 290 g/mol. The molecule has 4 rings (SSSR count). The summed E-state index contributed by atoms with van der Waals surface area (Å²) in [7, 11) is 0. The van der Waals surface area contributed by atoms with Gasteiger partial charge in [-0.25, -0.2) is 4.98 Å². The number of para-hydroxylation sites is 1. The maximum Gasteiger partial charge on any atom is 0.253 e. The molecule has 1 N–H and O–H groups in total. The Morgan fingerprint density at radius 3 is 3.09 bits per heavy atom. The van der Waals surface area contributed by atoms with Crippen LogP contribution in [0.5, 0.6) is 5.75 Å². The number of likely N-dealkylation sites (tertiary alicyclic amines) is 1. The monoisotopic (exact) mass is 309 g/mol. The number of aryl methyl sites for hydroxylation is 1. The normalized spacial score (nSPS) is 20.0. The second-order valence-electron chi connectivity index (χ2n) is 6.18. The van der Waals surface area contributed by atoms with Crippen molar-refractivity contribution in [1.82, 2.24) is 14.9 Å². The molecule has 0 unspecified atom stereocenters. The van der Waals surface area contributed by atoms with E-state index < -0.39 is 0 Å². The number of amides is 1. The standard InChI is InChI=1S/C18H19N3O2/c1-12-9-19-17(20-12)14-6-7-21(10-14)18(22)15-8-13-4-2-3-5-16(13)23-11-15/h2-5,8-9,14H,6-7,10-11H2,1H3,(H,19,20)/t14-/m0/s1. The van der Waals surface area contributed by atoms with E-state index in [1.165, 1.54) is 0 Å². The Hall–Kier alpha value is -2.56. The fraction of sp³-hybridized carbons (Fsp3) is 0.333. The summed E-state index contributed by atoms with van der Waals surface area (Å²) in [6, 6.07) is 7.80. The first-order valence-corrected chi connectivity index (χ1v) is 7.94. The number of carbonyl (C=O) groups is 1. The van der Waals surface area contributed by atoms with Crippen molar-refractivity contribution >= 4 is 12.0 Å². The van der Waals surface area contributed by atoms with Crippen LogP contribution >= 0.6 is 0 Å². The van der Waals surface area contributed by atoms with Crippen molar-refractivity contribution in [3.63, 3.8) is 0 Å². The van der Waals surface area contributed by atoms with Crippen LogP contribution in [0.3, 0.4) is 0 Å². The molecule has 2 aromatic rings. The largest absolute Gasteiger partial charge is 0.488 e. The van der Waals surface area contributed by atoms with E-state index in [0.29, 0.717) is 19.1 Å². The molecule has 1 fully saturated rings. The second kappa shape index (κ2) is 5.57. The van der Waals surface area contributed by atoms with Gasteiger partial charge in [-0.3, -0.25) is 4.79 Å². The number of fused-ring (bicyclic) bond motifs is 1. The highest BCUT2D eigenvalue weighted by atomic mass is 16.5. The molecule has 1 aromatic heterocycles. The van der Waals surface area contributed by atoms with E-state index in [4.69, 9.17) is 4.74 Å². The summed E-state index contributed by atoms with van der Waals surface area (Å²) in [5.74, 6) is 2.20. The number of aromatic amines is 1. The minimum absolute atomic E-state index is 0.0743. The highest BCUT2D eigenvalue weighted by Crippen LogP contribution is 2.29. The van der Waals surface area contributed by atoms with E-state index in [1.54, 1.807) is 0 Å². The number of nitrogens with zero attached hydrogens (tertiary/aromatic N) is 2. The molecule has 0 spiro atoms. The van der Waals surface area contributed by atoms with Crippen LogP contribution in [0.25, 0.3) is 6.08 Å². The number of nitrogens with one attached hydrogen (secondary N) is 1. The molecule has 0 saturated carbocycles. The quantitative estimate of drug-likeness (QED) is 0.927. The number of carbonyl (C=O) groups excluding carboxylic acids is 1. The molecule has 0 radical (unpaired) electrons. The number of H-pyrrole nitrogens is 1. The average Bonchev–Trinajstić information content (AvgIpc) is 3.22. The molecule has 2 aliphatic rings. The molecule has 3 heterocycles. The molecule has 1 atom stereocenters. The van der Waals surface area contributed by atoms with Crippen LogP contribution in [0, 0.1) is 6.92 Å². The average molecular weight is 309 g/mol. The Bertz CT molecular complexity index is 778. The Morgan fingerprint density at radius 2 is 2.26 bits per heavy atom. The zero-order valence-corrected chi connectivity index (χ0v) is 13.1. The molecule has 5 nitrogen and oxygen atoms in total. The molecule has 118 valence electrons. The van der Waals surface area contributed by atoms with Crippen LogP contribution in [0.2, 0.25) is 0 Å². The van der Waals surface area contributed by atoms with Crippen LogP contribution in [-0.4, -0.2) is 40.5 Å². The predicted octanol–water partition coefficient (Wildman–Crippen LogP) is 2.51. The van der Waals surface area contributed by atoms with E-state index in [-0.39, 0.29) is 5.91 Å². The van der Waals surface area contributed by atoms with Crippen LogP contribution in [0.4, 0.5) is 0 Å². The van der Waals surface area contributed by atoms with Gasteiger partial charge in [0.15, 0.2) is 0 Å². The van der Waals surface area contributed by atoms with E-state index >= 15 is 0 Å². The second-order valence-corrected chi connectivity index (χ2v) is 6.18. The van der Waals surface area contributed by atoms with Gasteiger partial charge in [0.1, 0.15) is 18.2 Å². The van der Waals surface area contributed by atoms with Gasteiger partial charge in [0.05, 0.1) is 5.57 Å². The number of hydrogen-bond donors (Lipinski definition) is 1. The molecule has 23 heavy (non-hydrogen) atoms. The molecule has 1 saturated heterocycles. The highest BCUT2D eigenvalue weighted by molar-refractivity contribution is 5.99. The lowest BCUT2D eigenvalue weighted by molar-refractivity contribution is -0.126. The minimum Gasteiger partial charge on any atom is -0.488 e. The number of rotatable bonds is 2. The van der Waals surface area contributed by atoms with Crippen LogP contribution in [0.15, 0.2) is 36.0 Å². The van der Waals surface area contributed by atoms with Crippen LogP contribution < -0.4 is 4.74 Å². The molecule has 1 amide bonds. The molecule has 1 aromatic carbocycles. The number of ether oxygens (including phenoxy) is 1. The lowest BCUT2D eigenvalue weighted by Gasteiger charge is -2.22. The topological polar surface area (TPSA) is 58.2 Å². The van der Waals surface area contributed by atoms with Crippen molar-refractivity contribution in [3.8, 4) is 5.75 Å². The van der Waals surface area contributed by atoms with Gasteiger partial charge in [0.2, 0.25) is 0 Å². The first-order chi connectivity index (χ1) is 11.2. The van der Waals surface area contributed by atoms with E-state index in [1.807, 2.05) is 48.4 Å². The molecule has 5 heteroatoms. The fourth-order valence-corrected chi connectivity index (χ4v) is 3.25. The van der Waals surface area contributed by atoms with Crippen LogP contribution in [0.1, 0.15) is 29.4 Å². The number of imidazole rings is 1. The number of aromatic nitrogens is 2. The first kappa shape index (κ1) is 14.1. The third-order valence-corrected chi connectivity index (χ3v) is 4.49. The fourth-order valence-electron chi connectivity index (χ4n) is 3.25. The Balaban J connectivity index is 1.49. The van der Waals surface area contributed by atoms with Crippen molar-refractivity contribution in [3.05, 3.63) is 53.1 Å². The molecule has 0 aliphatic carbocycles. The summed E-state index contributed by atoms with van der Waals surface area (Å²) < 4.78 is 5.70. The van der Waals surface area contributed by atoms with Gasteiger partial charge in [-0.05, 0) is 25.5 Å². The zero-order chi connectivity index (χ0) is 15.8. The SMILES string of the molecule is Cc1cnc([C@H]2CCN(C(=O)C3=Cc4ccccc4OC3)C2)[nH]1. The van der Waals surface area contributed by atoms with Crippen molar-refractivity contribution in [2.75, 3.05) is 19.7 Å². The molecule has 2 aliphatic heterocycles. The number of benzene rings is 1. The van der Waals surface area contributed by atoms with Crippen molar-refractivity contribution in [2.24, 2.45) is 0 Å². The van der Waals surface area contributed by atoms with E-state index in [2.05, 4.69) is 9.97 Å².